The highest BCUT2D eigenvalue weighted by Gasteiger charge is 2.35. The van der Waals surface area contributed by atoms with Gasteiger partial charge in [-0.1, -0.05) is 48.5 Å². The monoisotopic (exact) mass is 427 g/mol. The lowest BCUT2D eigenvalue weighted by atomic mass is 9.87. The predicted molar refractivity (Wildman–Crippen MR) is 124 cm³/mol. The Morgan fingerprint density at radius 2 is 1.66 bits per heavy atom. The lowest BCUT2D eigenvalue weighted by Gasteiger charge is -2.38. The van der Waals surface area contributed by atoms with Gasteiger partial charge in [0.1, 0.15) is 5.58 Å². The Labute approximate surface area is 187 Å². The van der Waals surface area contributed by atoms with E-state index in [9.17, 15) is 4.79 Å². The van der Waals surface area contributed by atoms with Gasteiger partial charge in [-0.3, -0.25) is 4.79 Å². The van der Waals surface area contributed by atoms with Crippen molar-refractivity contribution >= 4 is 16.9 Å². The number of benzene rings is 3. The summed E-state index contributed by atoms with van der Waals surface area (Å²) in [5.41, 5.74) is 4.84. The Morgan fingerprint density at radius 3 is 2.38 bits per heavy atom. The molecule has 0 fully saturated rings. The number of hydrogen-bond donors (Lipinski definition) is 0. The molecule has 0 spiro atoms. The zero-order chi connectivity index (χ0) is 22.2. The highest BCUT2D eigenvalue weighted by molar-refractivity contribution is 5.99. The molecule has 1 aliphatic rings. The maximum absolute atomic E-state index is 13.8. The lowest BCUT2D eigenvalue weighted by molar-refractivity contribution is 0.0663. The van der Waals surface area contributed by atoms with Gasteiger partial charge in [-0.15, -0.1) is 0 Å². The molecule has 1 aliphatic heterocycles. The molecule has 3 aromatic carbocycles. The van der Waals surface area contributed by atoms with Crippen molar-refractivity contribution in [1.29, 1.82) is 0 Å². The van der Waals surface area contributed by atoms with Crippen LogP contribution in [0.25, 0.3) is 11.0 Å². The standard InChI is InChI=1S/C27H25NO4/c1-17-20-11-7-8-12-22(20)32-26(17)27(29)28-14-13-19-15-23(30-2)24(31-3)16-21(19)25(28)18-9-5-4-6-10-18/h4-12,15-16,25H,13-14H2,1-3H3/t25-/m0/s1. The summed E-state index contributed by atoms with van der Waals surface area (Å²) >= 11 is 0. The van der Waals surface area contributed by atoms with Crippen LogP contribution in [0.3, 0.4) is 0 Å². The van der Waals surface area contributed by atoms with E-state index >= 15 is 0 Å². The predicted octanol–water partition coefficient (Wildman–Crippen LogP) is 5.55. The van der Waals surface area contributed by atoms with E-state index in [1.54, 1.807) is 14.2 Å². The number of fused-ring (bicyclic) bond motifs is 2. The van der Waals surface area contributed by atoms with Crippen molar-refractivity contribution in [3.63, 3.8) is 0 Å². The van der Waals surface area contributed by atoms with Gasteiger partial charge in [0.15, 0.2) is 17.3 Å². The van der Waals surface area contributed by atoms with E-state index in [4.69, 9.17) is 13.9 Å². The van der Waals surface area contributed by atoms with Crippen LogP contribution < -0.4 is 9.47 Å². The van der Waals surface area contributed by atoms with Crippen LogP contribution >= 0.6 is 0 Å². The minimum absolute atomic E-state index is 0.104. The van der Waals surface area contributed by atoms with Crippen molar-refractivity contribution in [2.45, 2.75) is 19.4 Å². The maximum Gasteiger partial charge on any atom is 0.290 e. The highest BCUT2D eigenvalue weighted by atomic mass is 16.5. The number of furan rings is 1. The molecule has 0 saturated heterocycles. The summed E-state index contributed by atoms with van der Waals surface area (Å²) in [5, 5.41) is 0.968. The topological polar surface area (TPSA) is 51.9 Å². The SMILES string of the molecule is COc1cc2c(cc1OC)[C@H](c1ccccc1)N(C(=O)c1oc3ccccc3c1C)CC2. The van der Waals surface area contributed by atoms with Crippen LogP contribution in [0.15, 0.2) is 71.1 Å². The molecule has 2 heterocycles. The van der Waals surface area contributed by atoms with E-state index < -0.39 is 0 Å². The molecule has 1 amide bonds. The van der Waals surface area contributed by atoms with Crippen molar-refractivity contribution in [2.75, 3.05) is 20.8 Å². The normalized spacial score (nSPS) is 15.5. The van der Waals surface area contributed by atoms with Crippen LogP contribution in [0.2, 0.25) is 0 Å². The summed E-state index contributed by atoms with van der Waals surface area (Å²) in [6, 6.07) is 21.6. The van der Waals surface area contributed by atoms with Gasteiger partial charge in [-0.05, 0) is 48.2 Å². The number of carbonyl (C=O) groups excluding carboxylic acids is 1. The van der Waals surface area contributed by atoms with Crippen molar-refractivity contribution in [3.05, 3.63) is 94.7 Å². The molecule has 0 N–H and O–H groups in total. The second-order valence-corrected chi connectivity index (χ2v) is 8.02. The smallest absolute Gasteiger partial charge is 0.290 e. The summed E-state index contributed by atoms with van der Waals surface area (Å²) in [6.07, 6.45) is 0.726. The summed E-state index contributed by atoms with van der Waals surface area (Å²) in [7, 11) is 3.27. The molecule has 0 aliphatic carbocycles. The third-order valence-corrected chi connectivity index (χ3v) is 6.29. The fourth-order valence-electron chi connectivity index (χ4n) is 4.67. The number of methoxy groups -OCH3 is 2. The fraction of sp³-hybridized carbons (Fsp3) is 0.222. The number of nitrogens with zero attached hydrogens (tertiary/aromatic N) is 1. The average Bonchev–Trinajstić information content (AvgIpc) is 3.19. The zero-order valence-electron chi connectivity index (χ0n) is 18.4. The lowest BCUT2D eigenvalue weighted by Crippen LogP contribution is -2.40. The van der Waals surface area contributed by atoms with Gasteiger partial charge in [0.05, 0.1) is 20.3 Å². The Balaban J connectivity index is 1.65. The van der Waals surface area contributed by atoms with Gasteiger partial charge in [0, 0.05) is 17.5 Å². The number of para-hydroxylation sites is 1. The van der Waals surface area contributed by atoms with Crippen LogP contribution in [0.4, 0.5) is 0 Å². The first kappa shape index (κ1) is 20.2. The van der Waals surface area contributed by atoms with Crippen LogP contribution in [0, 0.1) is 6.92 Å². The minimum Gasteiger partial charge on any atom is -0.493 e. The summed E-state index contributed by atoms with van der Waals surface area (Å²) < 4.78 is 17.1. The Morgan fingerprint density at radius 1 is 0.969 bits per heavy atom. The van der Waals surface area contributed by atoms with Gasteiger partial charge in [0.2, 0.25) is 0 Å². The molecule has 0 saturated carbocycles. The number of carbonyl (C=O) groups is 1. The summed E-state index contributed by atoms with van der Waals surface area (Å²) in [5.74, 6) is 1.65. The third-order valence-electron chi connectivity index (χ3n) is 6.29. The molecule has 0 radical (unpaired) electrons. The van der Waals surface area contributed by atoms with E-state index in [1.807, 2.05) is 66.4 Å². The second-order valence-electron chi connectivity index (χ2n) is 8.02. The van der Waals surface area contributed by atoms with Gasteiger partial charge >= 0.3 is 0 Å². The summed E-state index contributed by atoms with van der Waals surface area (Å²) in [6.45, 7) is 2.53. The first-order chi connectivity index (χ1) is 15.6. The van der Waals surface area contributed by atoms with Crippen LogP contribution in [0.1, 0.15) is 38.9 Å². The van der Waals surface area contributed by atoms with Gasteiger partial charge in [0.25, 0.3) is 5.91 Å². The largest absolute Gasteiger partial charge is 0.493 e. The molecule has 5 nitrogen and oxygen atoms in total. The van der Waals surface area contributed by atoms with Crippen molar-refractivity contribution in [3.8, 4) is 11.5 Å². The molecular formula is C27H25NO4. The van der Waals surface area contributed by atoms with E-state index in [1.165, 1.54) is 0 Å². The molecule has 5 heteroatoms. The molecule has 4 aromatic rings. The summed E-state index contributed by atoms with van der Waals surface area (Å²) in [4.78, 5) is 15.7. The first-order valence-electron chi connectivity index (χ1n) is 10.7. The van der Waals surface area contributed by atoms with E-state index in [0.29, 0.717) is 23.8 Å². The Hall–Kier alpha value is -3.73. The van der Waals surface area contributed by atoms with E-state index in [-0.39, 0.29) is 11.9 Å². The second kappa shape index (κ2) is 8.08. The number of hydrogen-bond acceptors (Lipinski definition) is 4. The molecule has 5 rings (SSSR count). The maximum atomic E-state index is 13.8. The molecule has 0 bridgehead atoms. The Kier molecular flexibility index (Phi) is 5.10. The number of ether oxygens (including phenoxy) is 2. The molecule has 162 valence electrons. The van der Waals surface area contributed by atoms with Crippen molar-refractivity contribution < 1.29 is 18.7 Å². The Bertz CT molecular complexity index is 1290. The van der Waals surface area contributed by atoms with Crippen LogP contribution in [-0.2, 0) is 6.42 Å². The molecule has 1 aromatic heterocycles. The molecule has 32 heavy (non-hydrogen) atoms. The highest BCUT2D eigenvalue weighted by Crippen LogP contribution is 2.42. The van der Waals surface area contributed by atoms with E-state index in [0.717, 1.165) is 39.6 Å². The average molecular weight is 428 g/mol. The molecule has 1 atom stereocenters. The van der Waals surface area contributed by atoms with Crippen LogP contribution in [0.5, 0.6) is 11.5 Å². The quantitative estimate of drug-likeness (QED) is 0.429. The van der Waals surface area contributed by atoms with Gasteiger partial charge in [-0.2, -0.15) is 0 Å². The van der Waals surface area contributed by atoms with Gasteiger partial charge < -0.3 is 18.8 Å². The van der Waals surface area contributed by atoms with E-state index in [2.05, 4.69) is 12.1 Å². The molecular weight excluding hydrogens is 402 g/mol. The zero-order valence-corrected chi connectivity index (χ0v) is 18.4. The van der Waals surface area contributed by atoms with Crippen LogP contribution in [-0.4, -0.2) is 31.6 Å². The first-order valence-corrected chi connectivity index (χ1v) is 10.7. The number of rotatable bonds is 4. The van der Waals surface area contributed by atoms with Gasteiger partial charge in [-0.25, -0.2) is 0 Å². The third kappa shape index (κ3) is 3.21. The minimum atomic E-state index is -0.250. The van der Waals surface area contributed by atoms with Crippen molar-refractivity contribution in [2.24, 2.45) is 0 Å². The number of amides is 1. The fourth-order valence-corrected chi connectivity index (χ4v) is 4.67. The van der Waals surface area contributed by atoms with Crippen molar-refractivity contribution in [1.82, 2.24) is 4.90 Å². The molecule has 0 unspecified atom stereocenters. The number of aryl methyl sites for hydroxylation is 1.